The third kappa shape index (κ3) is 4.67. The van der Waals surface area contributed by atoms with Gasteiger partial charge >= 0.3 is 12.0 Å². The number of ether oxygens (including phenoxy) is 1. The van der Waals surface area contributed by atoms with E-state index < -0.39 is 6.03 Å². The summed E-state index contributed by atoms with van der Waals surface area (Å²) in [6, 6.07) is 14.2. The van der Waals surface area contributed by atoms with Crippen LogP contribution in [-0.4, -0.2) is 33.1 Å². The number of esters is 1. The summed E-state index contributed by atoms with van der Waals surface area (Å²) in [5.74, 6) is 0.676. The number of urea groups is 1. The molecule has 3 heterocycles. The molecule has 0 unspecified atom stereocenters. The van der Waals surface area contributed by atoms with Crippen molar-refractivity contribution in [1.82, 2.24) is 14.5 Å². The van der Waals surface area contributed by atoms with Crippen molar-refractivity contribution in [2.45, 2.75) is 33.1 Å². The molecule has 2 amide bonds. The average Bonchev–Trinajstić information content (AvgIpc) is 3.53. The zero-order valence-corrected chi connectivity index (χ0v) is 21.1. The molecule has 5 aromatic rings. The highest BCUT2D eigenvalue weighted by Crippen LogP contribution is 2.31. The van der Waals surface area contributed by atoms with Crippen LogP contribution in [0.4, 0.5) is 16.3 Å². The first-order valence-electron chi connectivity index (χ1n) is 11.5. The maximum atomic E-state index is 12.5. The van der Waals surface area contributed by atoms with Crippen molar-refractivity contribution in [1.29, 1.82) is 0 Å². The zero-order valence-electron chi connectivity index (χ0n) is 20.3. The summed E-state index contributed by atoms with van der Waals surface area (Å²) >= 11 is 1.53. The van der Waals surface area contributed by atoms with Crippen molar-refractivity contribution in [2.75, 3.05) is 17.2 Å². The Labute approximate surface area is 211 Å². The number of carbonyl (C=O) groups excluding carboxylic acids is 2. The van der Waals surface area contributed by atoms with Gasteiger partial charge in [-0.25, -0.2) is 14.6 Å². The van der Waals surface area contributed by atoms with Gasteiger partial charge in [0.05, 0.1) is 28.1 Å². The smallest absolute Gasteiger partial charge is 0.338 e. The molecule has 0 aliphatic heterocycles. The number of aromatic nitrogens is 3. The van der Waals surface area contributed by atoms with Crippen molar-refractivity contribution < 1.29 is 18.8 Å². The van der Waals surface area contributed by atoms with E-state index in [-0.39, 0.29) is 11.4 Å². The lowest BCUT2D eigenvalue weighted by molar-refractivity contribution is 0.0526. The molecule has 5 rings (SSSR count). The van der Waals surface area contributed by atoms with E-state index in [1.165, 1.54) is 11.3 Å². The fourth-order valence-corrected chi connectivity index (χ4v) is 4.69. The largest absolute Gasteiger partial charge is 0.462 e. The number of anilines is 2. The van der Waals surface area contributed by atoms with E-state index in [1.807, 2.05) is 61.7 Å². The first kappa shape index (κ1) is 23.6. The van der Waals surface area contributed by atoms with E-state index in [2.05, 4.69) is 15.8 Å². The topological polar surface area (TPSA) is 111 Å². The number of hydrogen-bond donors (Lipinski definition) is 2. The summed E-state index contributed by atoms with van der Waals surface area (Å²) in [7, 11) is 0. The fraction of sp³-hybridized carbons (Fsp3) is 0.231. The molecule has 0 radical (unpaired) electrons. The lowest BCUT2D eigenvalue weighted by Gasteiger charge is -2.12. The highest BCUT2D eigenvalue weighted by Gasteiger charge is 2.20. The minimum Gasteiger partial charge on any atom is -0.462 e. The zero-order chi connectivity index (χ0) is 25.4. The van der Waals surface area contributed by atoms with Crippen molar-refractivity contribution in [3.8, 4) is 11.3 Å². The Balaban J connectivity index is 1.36. The van der Waals surface area contributed by atoms with Gasteiger partial charge in [0.2, 0.25) is 0 Å². The van der Waals surface area contributed by atoms with Gasteiger partial charge in [-0.15, -0.1) is 0 Å². The maximum Gasteiger partial charge on any atom is 0.338 e. The van der Waals surface area contributed by atoms with E-state index in [9.17, 15) is 9.59 Å². The summed E-state index contributed by atoms with van der Waals surface area (Å²) < 4.78 is 13.4. The van der Waals surface area contributed by atoms with Crippen molar-refractivity contribution in [3.63, 3.8) is 0 Å². The Hall–Kier alpha value is -4.18. The number of thiazole rings is 1. The normalized spacial score (nSPS) is 11.7. The molecule has 2 N–H and O–H groups in total. The predicted octanol–water partition coefficient (Wildman–Crippen LogP) is 6.32. The van der Waals surface area contributed by atoms with Crippen LogP contribution in [0.25, 0.3) is 26.4 Å². The van der Waals surface area contributed by atoms with Gasteiger partial charge in [0, 0.05) is 28.9 Å². The molecule has 0 atom stereocenters. The second-order valence-corrected chi connectivity index (χ2v) is 10.3. The highest BCUT2D eigenvalue weighted by atomic mass is 32.1. The molecule has 0 aliphatic rings. The second kappa shape index (κ2) is 9.12. The van der Waals surface area contributed by atoms with Crippen molar-refractivity contribution in [2.24, 2.45) is 0 Å². The number of rotatable bonds is 5. The number of amides is 2. The van der Waals surface area contributed by atoms with Crippen LogP contribution in [0.15, 0.2) is 59.3 Å². The molecule has 0 spiro atoms. The number of nitrogens with one attached hydrogen (secondary N) is 2. The van der Waals surface area contributed by atoms with Gasteiger partial charge in [-0.3, -0.25) is 9.72 Å². The summed E-state index contributed by atoms with van der Waals surface area (Å²) in [6.07, 6.45) is 1.92. The molecule has 2 aromatic carbocycles. The van der Waals surface area contributed by atoms with Gasteiger partial charge in [0.25, 0.3) is 0 Å². The number of benzene rings is 2. The third-order valence-electron chi connectivity index (χ3n) is 5.51. The Bertz CT molecular complexity index is 1590. The molecule has 0 saturated heterocycles. The van der Waals surface area contributed by atoms with Gasteiger partial charge in [-0.1, -0.05) is 49.4 Å². The van der Waals surface area contributed by atoms with Crippen LogP contribution in [0.1, 0.15) is 43.8 Å². The lowest BCUT2D eigenvalue weighted by atomic mass is 9.93. The lowest BCUT2D eigenvalue weighted by Crippen LogP contribution is -2.19. The van der Waals surface area contributed by atoms with E-state index in [1.54, 1.807) is 25.1 Å². The number of carbonyl (C=O) groups is 2. The van der Waals surface area contributed by atoms with Gasteiger partial charge < -0.3 is 14.6 Å². The molecule has 36 heavy (non-hydrogen) atoms. The van der Waals surface area contributed by atoms with Crippen LogP contribution >= 0.6 is 11.3 Å². The maximum absolute atomic E-state index is 12.5. The molecule has 10 heteroatoms. The standard InChI is InChI=1S/C26H25N5O4S/c1-5-34-23(32)16-9-10-20-19(12-16)31-14-18(28-25(31)36-20)15-7-6-8-17(11-15)27-24(33)29-22-13-21(35-30-22)26(2,3)4/h6-14H,5H2,1-4H3,(H2,27,29,30,33). The summed E-state index contributed by atoms with van der Waals surface area (Å²) in [5, 5.41) is 9.43. The van der Waals surface area contributed by atoms with E-state index in [4.69, 9.17) is 14.2 Å². The van der Waals surface area contributed by atoms with Gasteiger partial charge in [0.1, 0.15) is 5.76 Å². The molecular formula is C26H25N5O4S. The van der Waals surface area contributed by atoms with Crippen LogP contribution in [0.5, 0.6) is 0 Å². The van der Waals surface area contributed by atoms with Gasteiger partial charge in [0.15, 0.2) is 10.8 Å². The molecule has 184 valence electrons. The number of fused-ring (bicyclic) bond motifs is 3. The SMILES string of the molecule is CCOC(=O)c1ccc2sc3nc(-c4cccc(NC(=O)Nc5cc(C(C)(C)C)on5)c4)cn3c2c1. The third-order valence-corrected chi connectivity index (χ3v) is 6.55. The summed E-state index contributed by atoms with van der Waals surface area (Å²) in [5.41, 5.74) is 3.38. The molecule has 9 nitrogen and oxygen atoms in total. The molecular weight excluding hydrogens is 478 g/mol. The molecule has 0 aliphatic carbocycles. The molecule has 3 aromatic heterocycles. The van der Waals surface area contributed by atoms with Crippen LogP contribution < -0.4 is 10.6 Å². The van der Waals surface area contributed by atoms with Crippen molar-refractivity contribution >= 4 is 50.0 Å². The van der Waals surface area contributed by atoms with Crippen LogP contribution in [-0.2, 0) is 10.2 Å². The number of hydrogen-bond acceptors (Lipinski definition) is 7. The molecule has 0 fully saturated rings. The first-order valence-corrected chi connectivity index (χ1v) is 12.3. The Morgan fingerprint density at radius 3 is 2.69 bits per heavy atom. The average molecular weight is 504 g/mol. The fourth-order valence-electron chi connectivity index (χ4n) is 3.70. The number of imidazole rings is 1. The summed E-state index contributed by atoms with van der Waals surface area (Å²) in [6.45, 7) is 8.12. The minimum atomic E-state index is -0.427. The van der Waals surface area contributed by atoms with Crippen LogP contribution in [0.3, 0.4) is 0 Å². The highest BCUT2D eigenvalue weighted by molar-refractivity contribution is 7.23. The monoisotopic (exact) mass is 503 g/mol. The minimum absolute atomic E-state index is 0.207. The predicted molar refractivity (Wildman–Crippen MR) is 140 cm³/mol. The molecule has 0 bridgehead atoms. The summed E-state index contributed by atoms with van der Waals surface area (Å²) in [4.78, 5) is 30.2. The number of nitrogens with zero attached hydrogens (tertiary/aromatic N) is 3. The van der Waals surface area contributed by atoms with E-state index >= 15 is 0 Å². The Morgan fingerprint density at radius 1 is 1.11 bits per heavy atom. The quantitative estimate of drug-likeness (QED) is 0.272. The van der Waals surface area contributed by atoms with Gasteiger partial charge in [-0.05, 0) is 37.3 Å². The molecule has 0 saturated carbocycles. The van der Waals surface area contributed by atoms with E-state index in [0.717, 1.165) is 26.4 Å². The first-order chi connectivity index (χ1) is 17.2. The van der Waals surface area contributed by atoms with Crippen LogP contribution in [0, 0.1) is 0 Å². The van der Waals surface area contributed by atoms with Crippen molar-refractivity contribution in [3.05, 3.63) is 66.1 Å². The van der Waals surface area contributed by atoms with E-state index in [0.29, 0.717) is 29.4 Å². The van der Waals surface area contributed by atoms with Gasteiger partial charge in [-0.2, -0.15) is 0 Å². The Kier molecular flexibility index (Phi) is 5.97. The van der Waals surface area contributed by atoms with Crippen LogP contribution in [0.2, 0.25) is 0 Å². The second-order valence-electron chi connectivity index (χ2n) is 9.27. The Morgan fingerprint density at radius 2 is 1.94 bits per heavy atom.